The van der Waals surface area contributed by atoms with Gasteiger partial charge in [-0.15, -0.1) is 0 Å². The van der Waals surface area contributed by atoms with E-state index in [4.69, 9.17) is 57.6 Å². The lowest BCUT2D eigenvalue weighted by molar-refractivity contribution is -0.195. The summed E-state index contributed by atoms with van der Waals surface area (Å²) in [6.07, 6.45) is -0.338. The molecule has 0 amide bonds. The van der Waals surface area contributed by atoms with Gasteiger partial charge >= 0.3 is 47.8 Å². The van der Waals surface area contributed by atoms with E-state index in [1.165, 1.54) is 47.0 Å². The van der Waals surface area contributed by atoms with Crippen molar-refractivity contribution in [1.82, 2.24) is 0 Å². The molecule has 0 fully saturated rings. The maximum atomic E-state index is 13.4. The van der Waals surface area contributed by atoms with Crippen molar-refractivity contribution in [1.29, 1.82) is 0 Å². The fourth-order valence-corrected chi connectivity index (χ4v) is 8.59. The molecule has 0 unspecified atom stereocenters. The number of hydrogen-bond donors (Lipinski definition) is 2. The maximum Gasteiger partial charge on any atom is 0.307 e. The van der Waals surface area contributed by atoms with E-state index < -0.39 is 73.2 Å². The van der Waals surface area contributed by atoms with Gasteiger partial charge in [-0.05, 0) is 24.3 Å². The molecule has 0 aliphatic heterocycles. The average molecular weight is 1090 g/mol. The summed E-state index contributed by atoms with van der Waals surface area (Å²) >= 11 is 5.11. The second kappa shape index (κ2) is 41.6. The van der Waals surface area contributed by atoms with Crippen LogP contribution in [0.4, 0.5) is 0 Å². The molecule has 0 aromatic heterocycles. The predicted molar refractivity (Wildman–Crippen MR) is 270 cm³/mol. The minimum Gasteiger partial charge on any atom is -0.490 e. The molecule has 2 rings (SSSR count). The van der Waals surface area contributed by atoms with Gasteiger partial charge in [-0.2, -0.15) is 47.0 Å². The smallest absolute Gasteiger partial charge is 0.307 e. The fourth-order valence-electron chi connectivity index (χ4n) is 5.28. The lowest BCUT2D eigenvalue weighted by atomic mass is 10.1. The van der Waals surface area contributed by atoms with Crippen LogP contribution in [-0.2, 0) is 76.3 Å². The molecule has 20 nitrogen and oxygen atoms in total. The Hall–Kier alpha value is -4.88. The molecule has 2 N–H and O–H groups in total. The van der Waals surface area contributed by atoms with Gasteiger partial charge in [0.25, 0.3) is 0 Å². The molecule has 0 radical (unpaired) electrons. The van der Waals surface area contributed by atoms with E-state index in [2.05, 4.69) is 0 Å². The molecular weight excluding hydrogens is 1020 g/mol. The highest BCUT2D eigenvalue weighted by molar-refractivity contribution is 7.99. The van der Waals surface area contributed by atoms with Crippen LogP contribution < -0.4 is 9.47 Å². The first kappa shape index (κ1) is 63.2. The summed E-state index contributed by atoms with van der Waals surface area (Å²) in [7, 11) is 0. The molecule has 402 valence electrons. The third-order valence-corrected chi connectivity index (χ3v) is 12.8. The number of rotatable bonds is 43. The molecule has 24 heteroatoms. The molecule has 0 aliphatic carbocycles. The lowest BCUT2D eigenvalue weighted by Crippen LogP contribution is -2.50. The quantitative estimate of drug-likeness (QED) is 0.0533. The summed E-state index contributed by atoms with van der Waals surface area (Å²) in [6, 6.07) is 18.1. The van der Waals surface area contributed by atoms with Crippen LogP contribution in [0.25, 0.3) is 0 Å². The Bertz CT molecular complexity index is 1810. The highest BCUT2D eigenvalue weighted by Gasteiger charge is 2.40. The minimum atomic E-state index is -2.00. The topological polar surface area (TPSA) is 269 Å². The summed E-state index contributed by atoms with van der Waals surface area (Å²) < 4.78 is 53.6. The standard InChI is InChI=1S/C48H66O20S4/c49-19-21-61-40(51)11-27-69-31-15-44(55)65-35-48(36-66-45(56)16-32-70-28-12-41(52)62-22-20-50,68-47(58)18-34-72-30-14-43(54)64-26-24-60-39-9-5-2-6-10-39)37-67-46(57)17-33-71-29-13-42(53)63-25-23-59-38-7-3-1-4-8-38/h1-10,49-50H,11-37H2. The van der Waals surface area contributed by atoms with E-state index in [0.717, 1.165) is 0 Å². The third-order valence-electron chi connectivity index (χ3n) is 8.85. The Balaban J connectivity index is 2.02. The number of esters is 8. The number of carbonyl (C=O) groups is 8. The Morgan fingerprint density at radius 2 is 0.611 bits per heavy atom. The number of carbonyl (C=O) groups excluding carboxylic acids is 8. The van der Waals surface area contributed by atoms with Crippen molar-refractivity contribution in [2.75, 3.05) is 119 Å². The molecule has 72 heavy (non-hydrogen) atoms. The van der Waals surface area contributed by atoms with E-state index in [-0.39, 0.29) is 127 Å². The third kappa shape index (κ3) is 34.5. The number of aliphatic hydroxyl groups is 2. The van der Waals surface area contributed by atoms with Crippen LogP contribution in [0, 0.1) is 0 Å². The van der Waals surface area contributed by atoms with E-state index >= 15 is 0 Å². The van der Waals surface area contributed by atoms with E-state index in [1.807, 2.05) is 36.4 Å². The van der Waals surface area contributed by atoms with Crippen LogP contribution in [0.5, 0.6) is 11.5 Å². The molecule has 0 spiro atoms. The zero-order chi connectivity index (χ0) is 52.3. The van der Waals surface area contributed by atoms with E-state index in [0.29, 0.717) is 34.5 Å². The SMILES string of the molecule is O=C(CCSCCC(=O)OCC(COC(=O)CCSCCC(=O)OCCO)(COC(=O)CCSCCC(=O)OCCOc1ccccc1)OC(=O)CCSCCC(=O)OCCOc1ccccc1)OCCO. The molecule has 0 bridgehead atoms. The normalized spacial score (nSPS) is 10.9. The van der Waals surface area contributed by atoms with Crippen LogP contribution in [0.1, 0.15) is 51.4 Å². The number of aliphatic hydroxyl groups excluding tert-OH is 2. The maximum absolute atomic E-state index is 13.4. The number of para-hydroxylation sites is 2. The Morgan fingerprint density at radius 3 is 0.903 bits per heavy atom. The van der Waals surface area contributed by atoms with Crippen molar-refractivity contribution in [3.8, 4) is 11.5 Å². The van der Waals surface area contributed by atoms with Crippen molar-refractivity contribution in [3.05, 3.63) is 60.7 Å². The highest BCUT2D eigenvalue weighted by atomic mass is 32.2. The second-order valence-electron chi connectivity index (χ2n) is 14.7. The van der Waals surface area contributed by atoms with Gasteiger partial charge < -0.3 is 57.6 Å². The van der Waals surface area contributed by atoms with Crippen molar-refractivity contribution in [2.45, 2.75) is 57.0 Å². The van der Waals surface area contributed by atoms with Gasteiger partial charge in [0, 0.05) is 46.0 Å². The van der Waals surface area contributed by atoms with Crippen LogP contribution in [0.3, 0.4) is 0 Å². The number of benzene rings is 2. The summed E-state index contributed by atoms with van der Waals surface area (Å²) in [5.74, 6) is -1.36. The molecular formula is C48H66O20S4. The largest absolute Gasteiger partial charge is 0.490 e. The fraction of sp³-hybridized carbons (Fsp3) is 0.583. The van der Waals surface area contributed by atoms with Crippen molar-refractivity contribution in [3.63, 3.8) is 0 Å². The summed E-state index contributed by atoms with van der Waals surface area (Å²) in [6.45, 7) is -2.41. The highest BCUT2D eigenvalue weighted by Crippen LogP contribution is 2.20. The van der Waals surface area contributed by atoms with Gasteiger partial charge in [0.05, 0.1) is 64.6 Å². The molecule has 0 saturated carbocycles. The zero-order valence-electron chi connectivity index (χ0n) is 40.2. The molecule has 0 atom stereocenters. The predicted octanol–water partition coefficient (Wildman–Crippen LogP) is 4.27. The summed E-state index contributed by atoms with van der Waals surface area (Å²) in [5.41, 5.74) is -2.00. The van der Waals surface area contributed by atoms with Gasteiger partial charge in [0.1, 0.15) is 71.0 Å². The monoisotopic (exact) mass is 1090 g/mol. The molecule has 0 saturated heterocycles. The minimum absolute atomic E-state index is 0.0502. The van der Waals surface area contributed by atoms with Gasteiger partial charge in [-0.25, -0.2) is 0 Å². The first-order chi connectivity index (χ1) is 34.9. The van der Waals surface area contributed by atoms with Crippen molar-refractivity contribution in [2.24, 2.45) is 0 Å². The number of thioether (sulfide) groups is 4. The van der Waals surface area contributed by atoms with Crippen LogP contribution in [0.15, 0.2) is 60.7 Å². The van der Waals surface area contributed by atoms with E-state index in [9.17, 15) is 38.4 Å². The molecule has 2 aromatic carbocycles. The molecule has 0 heterocycles. The Kier molecular flexibility index (Phi) is 36.5. The Morgan fingerprint density at radius 1 is 0.347 bits per heavy atom. The van der Waals surface area contributed by atoms with Gasteiger partial charge in [-0.3, -0.25) is 38.4 Å². The van der Waals surface area contributed by atoms with Crippen LogP contribution in [-0.4, -0.2) is 182 Å². The van der Waals surface area contributed by atoms with Crippen LogP contribution >= 0.6 is 47.0 Å². The first-order valence-electron chi connectivity index (χ1n) is 23.1. The second-order valence-corrected chi connectivity index (χ2v) is 19.6. The van der Waals surface area contributed by atoms with Gasteiger partial charge in [0.15, 0.2) is 0 Å². The van der Waals surface area contributed by atoms with Crippen molar-refractivity contribution >= 4 is 94.8 Å². The molecule has 2 aromatic rings. The summed E-state index contributed by atoms with van der Waals surface area (Å²) in [5, 5.41) is 17.7. The van der Waals surface area contributed by atoms with Gasteiger partial charge in [0.2, 0.25) is 5.60 Å². The van der Waals surface area contributed by atoms with Crippen LogP contribution in [0.2, 0.25) is 0 Å². The Labute approximate surface area is 436 Å². The number of ether oxygens (including phenoxy) is 10. The lowest BCUT2D eigenvalue weighted by Gasteiger charge is -2.32. The summed E-state index contributed by atoms with van der Waals surface area (Å²) in [4.78, 5) is 100. The van der Waals surface area contributed by atoms with Gasteiger partial charge in [-0.1, -0.05) is 36.4 Å². The number of hydrogen-bond acceptors (Lipinski definition) is 24. The van der Waals surface area contributed by atoms with Crippen molar-refractivity contribution < 1.29 is 95.9 Å². The van der Waals surface area contributed by atoms with E-state index in [1.54, 1.807) is 24.3 Å². The first-order valence-corrected chi connectivity index (χ1v) is 27.7. The molecule has 0 aliphatic rings. The zero-order valence-corrected chi connectivity index (χ0v) is 43.5. The average Bonchev–Trinajstić information content (AvgIpc) is 3.38.